The van der Waals surface area contributed by atoms with E-state index in [1.807, 2.05) is 0 Å². The van der Waals surface area contributed by atoms with Gasteiger partial charge >= 0.3 is 0 Å². The highest BCUT2D eigenvalue weighted by Gasteiger charge is 2.42. The summed E-state index contributed by atoms with van der Waals surface area (Å²) >= 11 is 0. The number of quaternary nitrogens is 2. The van der Waals surface area contributed by atoms with Crippen LogP contribution in [0.3, 0.4) is 0 Å². The molecule has 6 rings (SSSR count). The van der Waals surface area contributed by atoms with Crippen LogP contribution in [0.1, 0.15) is 40.8 Å². The molecule has 0 saturated heterocycles. The molecular weight excluding hydrogens is 584 g/mol. The summed E-state index contributed by atoms with van der Waals surface area (Å²) in [6.45, 7) is 2.29. The van der Waals surface area contributed by atoms with Gasteiger partial charge in [0.1, 0.15) is 12.1 Å². The maximum absolute atomic E-state index is 2.42. The van der Waals surface area contributed by atoms with Crippen LogP contribution in [0.15, 0.2) is 97.1 Å². The van der Waals surface area contributed by atoms with E-state index in [1.54, 1.807) is 0 Å². The second-order valence-corrected chi connectivity index (χ2v) is 11.5. The second-order valence-electron chi connectivity index (χ2n) is 11.5. The van der Waals surface area contributed by atoms with Crippen molar-refractivity contribution >= 4 is 0 Å². The highest BCUT2D eigenvalue weighted by Crippen LogP contribution is 2.49. The Labute approximate surface area is 243 Å². The quantitative estimate of drug-likeness (QED) is 0.284. The fraction of sp³-hybridized carbons (Fsp3) is 0.273. The minimum absolute atomic E-state index is 0. The first-order valence-corrected chi connectivity index (χ1v) is 12.9. The van der Waals surface area contributed by atoms with E-state index in [4.69, 9.17) is 0 Å². The summed E-state index contributed by atoms with van der Waals surface area (Å²) in [5.41, 5.74) is 11.6. The molecule has 0 aromatic heterocycles. The summed E-state index contributed by atoms with van der Waals surface area (Å²) < 4.78 is 1.96. The minimum atomic E-state index is 0. The monoisotopic (exact) mass is 618 g/mol. The van der Waals surface area contributed by atoms with E-state index in [0.29, 0.717) is 12.1 Å². The summed E-state index contributed by atoms with van der Waals surface area (Å²) in [4.78, 5) is 0. The average molecular weight is 620 g/mol. The number of hydrogen-bond acceptors (Lipinski definition) is 0. The lowest BCUT2D eigenvalue weighted by atomic mass is 10.00. The zero-order valence-corrected chi connectivity index (χ0v) is 25.3. The predicted octanol–water partition coefficient (Wildman–Crippen LogP) is 1.08. The highest BCUT2D eigenvalue weighted by atomic mass is 79.9. The molecule has 4 heteroatoms. The van der Waals surface area contributed by atoms with Crippen LogP contribution in [0.4, 0.5) is 0 Å². The first kappa shape index (κ1) is 27.8. The number of hydrogen-bond donors (Lipinski definition) is 0. The maximum atomic E-state index is 2.42. The van der Waals surface area contributed by atoms with Gasteiger partial charge < -0.3 is 42.9 Å². The van der Waals surface area contributed by atoms with Crippen molar-refractivity contribution in [2.75, 3.05) is 41.3 Å². The van der Waals surface area contributed by atoms with Gasteiger partial charge in [-0.3, -0.25) is 0 Å². The van der Waals surface area contributed by atoms with Crippen molar-refractivity contribution < 1.29 is 42.9 Å². The fourth-order valence-electron chi connectivity index (χ4n) is 6.91. The Kier molecular flexibility index (Phi) is 7.88. The molecule has 4 aromatic rings. The van der Waals surface area contributed by atoms with Crippen molar-refractivity contribution in [2.45, 2.75) is 18.5 Å². The van der Waals surface area contributed by atoms with Gasteiger partial charge in [0.25, 0.3) is 0 Å². The van der Waals surface area contributed by atoms with E-state index in [0.717, 1.165) is 22.1 Å². The Hall–Kier alpha value is -2.24. The number of halogens is 2. The van der Waals surface area contributed by atoms with Crippen molar-refractivity contribution in [1.29, 1.82) is 0 Å². The van der Waals surface area contributed by atoms with Gasteiger partial charge in [0, 0.05) is 28.7 Å². The van der Waals surface area contributed by atoms with Gasteiger partial charge in [-0.05, 0) is 22.3 Å². The van der Waals surface area contributed by atoms with Gasteiger partial charge in [-0.2, -0.15) is 0 Å². The van der Waals surface area contributed by atoms with E-state index < -0.39 is 0 Å². The Morgan fingerprint density at radius 1 is 0.432 bits per heavy atom. The summed E-state index contributed by atoms with van der Waals surface area (Å²) in [7, 11) is 9.68. The summed E-state index contributed by atoms with van der Waals surface area (Å²) in [5.74, 6) is 0. The van der Waals surface area contributed by atoms with Crippen LogP contribution in [0.2, 0.25) is 0 Å². The Morgan fingerprint density at radius 2 is 0.676 bits per heavy atom. The minimum Gasteiger partial charge on any atom is -1.00 e. The van der Waals surface area contributed by atoms with Crippen molar-refractivity contribution in [3.63, 3.8) is 0 Å². The van der Waals surface area contributed by atoms with Crippen LogP contribution >= 0.6 is 0 Å². The van der Waals surface area contributed by atoms with Crippen LogP contribution in [-0.2, 0) is 0 Å². The number of rotatable bonds is 6. The van der Waals surface area contributed by atoms with Crippen LogP contribution in [-0.4, -0.2) is 50.2 Å². The summed E-state index contributed by atoms with van der Waals surface area (Å²) in [5, 5.41) is 0. The molecule has 0 radical (unpaired) electrons. The third kappa shape index (κ3) is 4.63. The molecule has 0 heterocycles. The topological polar surface area (TPSA) is 0 Å². The van der Waals surface area contributed by atoms with Gasteiger partial charge in [0.15, 0.2) is 0 Å². The molecule has 0 atom stereocenters. The predicted molar refractivity (Wildman–Crippen MR) is 146 cm³/mol. The molecular formula is C33H36Br2N2. The Morgan fingerprint density at radius 3 is 0.946 bits per heavy atom. The summed E-state index contributed by atoms with van der Waals surface area (Å²) in [6, 6.07) is 36.8. The van der Waals surface area contributed by atoms with Gasteiger partial charge in [0.2, 0.25) is 0 Å². The van der Waals surface area contributed by atoms with E-state index in [2.05, 4.69) is 125 Å². The van der Waals surface area contributed by atoms with Crippen molar-refractivity contribution in [3.05, 3.63) is 119 Å². The number of nitrogens with zero attached hydrogens (tertiary/aromatic N) is 2. The first-order chi connectivity index (χ1) is 16.9. The lowest BCUT2D eigenvalue weighted by molar-refractivity contribution is -0.933. The van der Waals surface area contributed by atoms with Crippen LogP contribution in [0.5, 0.6) is 0 Å². The highest BCUT2D eigenvalue weighted by molar-refractivity contribution is 5.78. The molecule has 0 saturated carbocycles. The molecule has 192 valence electrons. The molecule has 0 unspecified atom stereocenters. The third-order valence-electron chi connectivity index (χ3n) is 8.47. The largest absolute Gasteiger partial charge is 1.00 e. The molecule has 0 fully saturated rings. The number of benzene rings is 4. The van der Waals surface area contributed by atoms with Crippen molar-refractivity contribution in [2.24, 2.45) is 0 Å². The second kappa shape index (κ2) is 10.5. The van der Waals surface area contributed by atoms with E-state index >= 15 is 0 Å². The molecule has 0 spiro atoms. The summed E-state index contributed by atoms with van der Waals surface area (Å²) in [6.07, 6.45) is 1.18. The SMILES string of the molecule is C[N+](C)(CCC[N+](C)(C)C1c2ccccc2-c2ccccc21)C1c2ccccc2-c2ccccc21.[Br-].[Br-]. The maximum Gasteiger partial charge on any atom is 0.141 e. The lowest BCUT2D eigenvalue weighted by Gasteiger charge is -2.40. The molecule has 0 aliphatic heterocycles. The molecule has 37 heavy (non-hydrogen) atoms. The normalized spacial score (nSPS) is 14.2. The molecule has 2 aliphatic carbocycles. The zero-order valence-electron chi connectivity index (χ0n) is 22.2. The zero-order chi connectivity index (χ0) is 24.2. The fourth-order valence-corrected chi connectivity index (χ4v) is 6.91. The van der Waals surface area contributed by atoms with Crippen molar-refractivity contribution in [1.82, 2.24) is 0 Å². The van der Waals surface area contributed by atoms with Crippen LogP contribution < -0.4 is 34.0 Å². The van der Waals surface area contributed by atoms with Gasteiger partial charge in [-0.25, -0.2) is 0 Å². The third-order valence-corrected chi connectivity index (χ3v) is 8.47. The standard InChI is InChI=1S/C33H36N2.2BrH/c1-34(2,32-28-18-9-5-14-24(28)25-15-6-10-19-29(25)32)22-13-23-35(3,4)33-30-20-11-7-16-26(30)27-17-8-12-21-31(27)33;;/h5-12,14-21,32-33H,13,22-23H2,1-4H3;2*1H/q+2;;/p-2. The van der Waals surface area contributed by atoms with E-state index in [1.165, 1.54) is 50.9 Å². The van der Waals surface area contributed by atoms with Gasteiger partial charge in [-0.15, -0.1) is 0 Å². The Balaban J connectivity index is 0.00000160. The lowest BCUT2D eigenvalue weighted by Crippen LogP contribution is -3.00. The van der Waals surface area contributed by atoms with Crippen LogP contribution in [0.25, 0.3) is 22.3 Å². The van der Waals surface area contributed by atoms with Gasteiger partial charge in [0.05, 0.1) is 41.3 Å². The van der Waals surface area contributed by atoms with E-state index in [-0.39, 0.29) is 34.0 Å². The average Bonchev–Trinajstić information content (AvgIpc) is 3.38. The molecule has 2 aliphatic rings. The molecule has 2 nitrogen and oxygen atoms in total. The Bertz CT molecular complexity index is 1210. The number of fused-ring (bicyclic) bond motifs is 6. The van der Waals surface area contributed by atoms with Gasteiger partial charge in [-0.1, -0.05) is 97.1 Å². The molecule has 0 bridgehead atoms. The van der Waals surface area contributed by atoms with E-state index in [9.17, 15) is 0 Å². The smallest absolute Gasteiger partial charge is 0.141 e. The van der Waals surface area contributed by atoms with Crippen LogP contribution in [0, 0.1) is 0 Å². The molecule has 0 N–H and O–H groups in total. The van der Waals surface area contributed by atoms with Crippen molar-refractivity contribution in [3.8, 4) is 22.3 Å². The molecule has 0 amide bonds. The first-order valence-electron chi connectivity index (χ1n) is 12.9. The molecule has 4 aromatic carbocycles.